The van der Waals surface area contributed by atoms with Crippen molar-refractivity contribution in [3.8, 4) is 22.6 Å². The summed E-state index contributed by atoms with van der Waals surface area (Å²) in [5.41, 5.74) is 4.25. The van der Waals surface area contributed by atoms with Gasteiger partial charge in [0.05, 0.1) is 22.8 Å². The van der Waals surface area contributed by atoms with E-state index >= 15 is 0 Å². The number of rotatable bonds is 5. The van der Waals surface area contributed by atoms with Gasteiger partial charge in [-0.2, -0.15) is 5.10 Å². The van der Waals surface area contributed by atoms with E-state index in [0.29, 0.717) is 45.2 Å². The molecule has 0 saturated carbocycles. The molecule has 0 unspecified atom stereocenters. The van der Waals surface area contributed by atoms with Crippen LogP contribution in [-0.2, 0) is 6.61 Å². The fourth-order valence-corrected chi connectivity index (χ4v) is 4.16. The average Bonchev–Trinajstić information content (AvgIpc) is 3.30. The van der Waals surface area contributed by atoms with Gasteiger partial charge in [0.25, 0.3) is 0 Å². The van der Waals surface area contributed by atoms with E-state index < -0.39 is 0 Å². The van der Waals surface area contributed by atoms with Crippen molar-refractivity contribution in [1.82, 2.24) is 9.78 Å². The summed E-state index contributed by atoms with van der Waals surface area (Å²) in [4.78, 5) is 13.3. The molecule has 0 bridgehead atoms. The molecule has 0 radical (unpaired) electrons. The Balaban J connectivity index is 1.46. The molecule has 0 aliphatic rings. The van der Waals surface area contributed by atoms with E-state index in [4.69, 9.17) is 20.8 Å². The largest absolute Gasteiger partial charge is 0.488 e. The van der Waals surface area contributed by atoms with Crippen LogP contribution in [0.4, 0.5) is 0 Å². The van der Waals surface area contributed by atoms with Gasteiger partial charge in [0.2, 0.25) is 5.43 Å². The van der Waals surface area contributed by atoms with Crippen molar-refractivity contribution in [3.63, 3.8) is 0 Å². The summed E-state index contributed by atoms with van der Waals surface area (Å²) in [6.45, 7) is 4.02. The lowest BCUT2D eigenvalue weighted by molar-refractivity contribution is 0.304. The molecule has 2 aromatic heterocycles. The number of hydrogen-bond donors (Lipinski definition) is 0. The molecule has 3 aromatic carbocycles. The minimum atomic E-state index is -0.111. The first-order valence-electron chi connectivity index (χ1n) is 10.6. The number of fused-ring (bicyclic) bond motifs is 1. The molecule has 0 spiro atoms. The Morgan fingerprint density at radius 3 is 2.55 bits per heavy atom. The molecule has 2 heterocycles. The number of benzene rings is 3. The highest BCUT2D eigenvalue weighted by Crippen LogP contribution is 2.33. The Labute approximate surface area is 195 Å². The molecule has 164 valence electrons. The Bertz CT molecular complexity index is 1520. The zero-order chi connectivity index (χ0) is 22.9. The molecule has 0 N–H and O–H groups in total. The molecule has 5 rings (SSSR count). The number of hydrogen-bond acceptors (Lipinski definition) is 4. The number of aromatic nitrogens is 2. The van der Waals surface area contributed by atoms with Gasteiger partial charge in [-0.3, -0.25) is 4.79 Å². The van der Waals surface area contributed by atoms with Crippen LogP contribution in [0.1, 0.15) is 16.9 Å². The Morgan fingerprint density at radius 2 is 1.76 bits per heavy atom. The summed E-state index contributed by atoms with van der Waals surface area (Å²) >= 11 is 6.34. The highest BCUT2D eigenvalue weighted by molar-refractivity contribution is 6.33. The van der Waals surface area contributed by atoms with E-state index in [1.54, 1.807) is 25.3 Å². The predicted molar refractivity (Wildman–Crippen MR) is 130 cm³/mol. The van der Waals surface area contributed by atoms with Gasteiger partial charge in [-0.15, -0.1) is 0 Å². The van der Waals surface area contributed by atoms with Gasteiger partial charge in [-0.05, 0) is 44.2 Å². The van der Waals surface area contributed by atoms with Gasteiger partial charge in [0, 0.05) is 27.9 Å². The number of ether oxygens (including phenoxy) is 1. The zero-order valence-electron chi connectivity index (χ0n) is 18.2. The lowest BCUT2D eigenvalue weighted by Crippen LogP contribution is -2.09. The summed E-state index contributed by atoms with van der Waals surface area (Å²) in [5, 5.41) is 5.42. The highest BCUT2D eigenvalue weighted by Gasteiger charge is 2.18. The van der Waals surface area contributed by atoms with Gasteiger partial charge >= 0.3 is 0 Å². The van der Waals surface area contributed by atoms with Crippen LogP contribution in [0.15, 0.2) is 88.3 Å². The van der Waals surface area contributed by atoms with Crippen LogP contribution < -0.4 is 10.2 Å². The maximum absolute atomic E-state index is 13.3. The maximum Gasteiger partial charge on any atom is 0.200 e. The normalized spacial score (nSPS) is 11.1. The van der Waals surface area contributed by atoms with Gasteiger partial charge in [0.1, 0.15) is 23.7 Å². The van der Waals surface area contributed by atoms with Crippen LogP contribution in [0.25, 0.3) is 27.8 Å². The van der Waals surface area contributed by atoms with Crippen molar-refractivity contribution < 1.29 is 9.15 Å². The molecule has 0 aliphatic heterocycles. The second kappa shape index (κ2) is 8.60. The van der Waals surface area contributed by atoms with E-state index in [2.05, 4.69) is 5.10 Å². The van der Waals surface area contributed by atoms with E-state index in [1.165, 1.54) is 0 Å². The smallest absolute Gasteiger partial charge is 0.200 e. The minimum Gasteiger partial charge on any atom is -0.488 e. The fraction of sp³-hybridized carbons (Fsp3) is 0.111. The van der Waals surface area contributed by atoms with Crippen molar-refractivity contribution >= 4 is 22.6 Å². The van der Waals surface area contributed by atoms with E-state index in [-0.39, 0.29) is 5.43 Å². The van der Waals surface area contributed by atoms with Crippen molar-refractivity contribution in [2.75, 3.05) is 0 Å². The third-order valence-corrected chi connectivity index (χ3v) is 5.96. The highest BCUT2D eigenvalue weighted by atomic mass is 35.5. The monoisotopic (exact) mass is 456 g/mol. The third-order valence-electron chi connectivity index (χ3n) is 5.63. The zero-order valence-corrected chi connectivity index (χ0v) is 19.0. The Morgan fingerprint density at radius 1 is 1.00 bits per heavy atom. The second-order valence-corrected chi connectivity index (χ2v) is 8.23. The molecule has 0 saturated heterocycles. The molecule has 5 nitrogen and oxygen atoms in total. The minimum absolute atomic E-state index is 0.111. The first-order chi connectivity index (χ1) is 16.0. The fourth-order valence-electron chi connectivity index (χ4n) is 3.93. The van der Waals surface area contributed by atoms with E-state index in [9.17, 15) is 4.79 Å². The first-order valence-corrected chi connectivity index (χ1v) is 10.9. The molecule has 0 aliphatic carbocycles. The summed E-state index contributed by atoms with van der Waals surface area (Å²) in [6, 6.07) is 20.7. The van der Waals surface area contributed by atoms with Crippen LogP contribution >= 0.6 is 11.6 Å². The molecule has 33 heavy (non-hydrogen) atoms. The van der Waals surface area contributed by atoms with Gasteiger partial charge in [-0.1, -0.05) is 48.0 Å². The van der Waals surface area contributed by atoms with Crippen LogP contribution in [-0.4, -0.2) is 9.78 Å². The lowest BCUT2D eigenvalue weighted by atomic mass is 10.0. The predicted octanol–water partition coefficient (Wildman–Crippen LogP) is 6.49. The third kappa shape index (κ3) is 3.92. The SMILES string of the molecule is Cc1oc2c(C)c(OCc3cnn(-c4ccccc4)c3)ccc2c(=O)c1-c1ccccc1Cl. The maximum atomic E-state index is 13.3. The van der Waals surface area contributed by atoms with Crippen LogP contribution in [0.5, 0.6) is 5.75 Å². The molecular formula is C27H21ClN2O3. The summed E-state index contributed by atoms with van der Waals surface area (Å²) in [5.74, 6) is 1.17. The molecular weight excluding hydrogens is 436 g/mol. The number of aryl methyl sites for hydroxylation is 2. The van der Waals surface area contributed by atoms with E-state index in [1.807, 2.05) is 72.4 Å². The van der Waals surface area contributed by atoms with Crippen molar-refractivity contribution in [3.05, 3.63) is 111 Å². The van der Waals surface area contributed by atoms with Gasteiger partial charge in [-0.25, -0.2) is 4.68 Å². The van der Waals surface area contributed by atoms with Crippen molar-refractivity contribution in [1.29, 1.82) is 0 Å². The summed E-state index contributed by atoms with van der Waals surface area (Å²) in [6.07, 6.45) is 3.72. The average molecular weight is 457 g/mol. The van der Waals surface area contributed by atoms with Crippen molar-refractivity contribution in [2.24, 2.45) is 0 Å². The number of halogens is 1. The molecule has 0 fully saturated rings. The van der Waals surface area contributed by atoms with Crippen LogP contribution in [0.2, 0.25) is 5.02 Å². The summed E-state index contributed by atoms with van der Waals surface area (Å²) < 4.78 is 14.0. The van der Waals surface area contributed by atoms with Crippen molar-refractivity contribution in [2.45, 2.75) is 20.5 Å². The molecule has 6 heteroatoms. The molecule has 5 aromatic rings. The van der Waals surface area contributed by atoms with Gasteiger partial charge in [0.15, 0.2) is 0 Å². The van der Waals surface area contributed by atoms with Crippen LogP contribution in [0.3, 0.4) is 0 Å². The number of para-hydroxylation sites is 1. The first kappa shape index (κ1) is 21.0. The number of nitrogens with zero attached hydrogens (tertiary/aromatic N) is 2. The van der Waals surface area contributed by atoms with Crippen LogP contribution in [0, 0.1) is 13.8 Å². The quantitative estimate of drug-likeness (QED) is 0.303. The second-order valence-electron chi connectivity index (χ2n) is 7.82. The Hall–Kier alpha value is -3.83. The van der Waals surface area contributed by atoms with E-state index in [0.717, 1.165) is 16.8 Å². The summed E-state index contributed by atoms with van der Waals surface area (Å²) in [7, 11) is 0. The molecule has 0 atom stereocenters. The lowest BCUT2D eigenvalue weighted by Gasteiger charge is -2.13. The standard InChI is InChI=1S/C27H21ClN2O3/c1-17-24(32-16-19-14-29-30(15-19)20-8-4-3-5-9-20)13-12-22-26(31)25(18(2)33-27(17)22)21-10-6-7-11-23(21)28/h3-15H,16H2,1-2H3. The van der Waals surface area contributed by atoms with Gasteiger partial charge < -0.3 is 9.15 Å². The Kier molecular flexibility index (Phi) is 5.48. The topological polar surface area (TPSA) is 57.3 Å². The molecule has 0 amide bonds.